The Bertz CT molecular complexity index is 683. The van der Waals surface area contributed by atoms with Crippen LogP contribution < -0.4 is 0 Å². The number of aryl methyl sites for hydroxylation is 2. The number of carbonyl (C=O) groups is 1. The molecule has 0 bridgehead atoms. The molecule has 3 rings (SSSR count). The molecular formula is C16H19NO4. The quantitative estimate of drug-likeness (QED) is 0.941. The second kappa shape index (κ2) is 5.50. The SMILES string of the molecule is Cc1c(C(=O)O)oc2c(C)cc(CN3CCOCC3)cc12. The molecule has 1 aliphatic rings. The molecule has 0 aliphatic carbocycles. The first kappa shape index (κ1) is 14.1. The van der Waals surface area contributed by atoms with Crippen LogP contribution in [0.3, 0.4) is 0 Å². The van der Waals surface area contributed by atoms with Crippen LogP contribution in [0, 0.1) is 13.8 Å². The first-order chi connectivity index (χ1) is 10.1. The summed E-state index contributed by atoms with van der Waals surface area (Å²) in [4.78, 5) is 13.5. The van der Waals surface area contributed by atoms with Crippen LogP contribution in [-0.2, 0) is 11.3 Å². The summed E-state index contributed by atoms with van der Waals surface area (Å²) in [5.74, 6) is -0.977. The molecule has 1 aliphatic heterocycles. The highest BCUT2D eigenvalue weighted by atomic mass is 16.5. The second-order valence-electron chi connectivity index (χ2n) is 5.54. The molecule has 1 aromatic carbocycles. The molecule has 0 radical (unpaired) electrons. The average molecular weight is 289 g/mol. The van der Waals surface area contributed by atoms with Gasteiger partial charge in [0.2, 0.25) is 5.76 Å². The molecule has 1 saturated heterocycles. The lowest BCUT2D eigenvalue weighted by molar-refractivity contribution is 0.0342. The van der Waals surface area contributed by atoms with E-state index in [1.54, 1.807) is 6.92 Å². The Kier molecular flexibility index (Phi) is 3.69. The van der Waals surface area contributed by atoms with Crippen LogP contribution in [0.25, 0.3) is 11.0 Å². The highest BCUT2D eigenvalue weighted by Gasteiger charge is 2.19. The van der Waals surface area contributed by atoms with Crippen molar-refractivity contribution in [3.63, 3.8) is 0 Å². The Hall–Kier alpha value is -1.85. The van der Waals surface area contributed by atoms with Crippen LogP contribution in [0.15, 0.2) is 16.5 Å². The van der Waals surface area contributed by atoms with Gasteiger partial charge in [0.15, 0.2) is 0 Å². The van der Waals surface area contributed by atoms with Gasteiger partial charge in [0, 0.05) is 30.6 Å². The number of furan rings is 1. The van der Waals surface area contributed by atoms with E-state index in [9.17, 15) is 9.90 Å². The number of carboxylic acids is 1. The zero-order valence-corrected chi connectivity index (χ0v) is 12.3. The van der Waals surface area contributed by atoms with Gasteiger partial charge in [-0.1, -0.05) is 6.07 Å². The van der Waals surface area contributed by atoms with E-state index >= 15 is 0 Å². The van der Waals surface area contributed by atoms with Gasteiger partial charge in [-0.15, -0.1) is 0 Å². The minimum absolute atomic E-state index is 0.0385. The van der Waals surface area contributed by atoms with Crippen LogP contribution in [0.4, 0.5) is 0 Å². The topological polar surface area (TPSA) is 62.9 Å². The summed E-state index contributed by atoms with van der Waals surface area (Å²) < 4.78 is 10.9. The third-order valence-corrected chi connectivity index (χ3v) is 3.99. The second-order valence-corrected chi connectivity index (χ2v) is 5.54. The van der Waals surface area contributed by atoms with Gasteiger partial charge in [-0.25, -0.2) is 4.79 Å². The summed E-state index contributed by atoms with van der Waals surface area (Å²) in [5.41, 5.74) is 3.54. The molecule has 112 valence electrons. The summed E-state index contributed by atoms with van der Waals surface area (Å²) in [6.45, 7) is 8.02. The highest BCUT2D eigenvalue weighted by molar-refractivity contribution is 5.96. The fourth-order valence-electron chi connectivity index (χ4n) is 2.88. The van der Waals surface area contributed by atoms with E-state index in [1.165, 1.54) is 5.56 Å². The van der Waals surface area contributed by atoms with Crippen molar-refractivity contribution in [2.45, 2.75) is 20.4 Å². The first-order valence-electron chi connectivity index (χ1n) is 7.12. The summed E-state index contributed by atoms with van der Waals surface area (Å²) in [7, 11) is 0. The standard InChI is InChI=1S/C16H19NO4/c1-10-7-12(9-17-3-5-20-6-4-17)8-13-11(2)15(16(18)19)21-14(10)13/h7-8H,3-6,9H2,1-2H3,(H,18,19). The van der Waals surface area contributed by atoms with Gasteiger partial charge in [-0.2, -0.15) is 0 Å². The van der Waals surface area contributed by atoms with Crippen LogP contribution in [0.1, 0.15) is 27.2 Å². The number of fused-ring (bicyclic) bond motifs is 1. The van der Waals surface area contributed by atoms with Crippen molar-refractivity contribution >= 4 is 16.9 Å². The molecule has 0 saturated carbocycles. The van der Waals surface area contributed by atoms with Crippen molar-refractivity contribution in [2.24, 2.45) is 0 Å². The zero-order chi connectivity index (χ0) is 15.0. The maximum absolute atomic E-state index is 11.2. The van der Waals surface area contributed by atoms with Crippen molar-refractivity contribution in [3.8, 4) is 0 Å². The van der Waals surface area contributed by atoms with Crippen molar-refractivity contribution in [2.75, 3.05) is 26.3 Å². The maximum atomic E-state index is 11.2. The zero-order valence-electron chi connectivity index (χ0n) is 12.3. The molecule has 21 heavy (non-hydrogen) atoms. The number of hydrogen-bond donors (Lipinski definition) is 1. The van der Waals surface area contributed by atoms with E-state index in [1.807, 2.05) is 13.0 Å². The molecule has 2 heterocycles. The molecule has 5 nitrogen and oxygen atoms in total. The third-order valence-electron chi connectivity index (χ3n) is 3.99. The van der Waals surface area contributed by atoms with E-state index in [0.717, 1.165) is 43.8 Å². The number of rotatable bonds is 3. The summed E-state index contributed by atoms with van der Waals surface area (Å²) in [6, 6.07) is 4.12. The Morgan fingerprint density at radius 2 is 2.00 bits per heavy atom. The molecule has 0 atom stereocenters. The van der Waals surface area contributed by atoms with E-state index in [-0.39, 0.29) is 5.76 Å². The molecular weight excluding hydrogens is 270 g/mol. The van der Waals surface area contributed by atoms with Crippen LogP contribution in [0.2, 0.25) is 0 Å². The molecule has 2 aromatic rings. The lowest BCUT2D eigenvalue weighted by atomic mass is 10.0. The molecule has 0 unspecified atom stereocenters. The Morgan fingerprint density at radius 1 is 1.29 bits per heavy atom. The van der Waals surface area contributed by atoms with Gasteiger partial charge in [-0.05, 0) is 31.0 Å². The number of aromatic carboxylic acids is 1. The van der Waals surface area contributed by atoms with Gasteiger partial charge in [0.25, 0.3) is 0 Å². The first-order valence-corrected chi connectivity index (χ1v) is 7.12. The largest absolute Gasteiger partial charge is 0.475 e. The molecule has 1 N–H and O–H groups in total. The Labute approximate surface area is 123 Å². The maximum Gasteiger partial charge on any atom is 0.372 e. The lowest BCUT2D eigenvalue weighted by Gasteiger charge is -2.26. The van der Waals surface area contributed by atoms with E-state index in [4.69, 9.17) is 9.15 Å². The van der Waals surface area contributed by atoms with Crippen molar-refractivity contribution in [1.82, 2.24) is 4.90 Å². The van der Waals surface area contributed by atoms with Gasteiger partial charge in [0.1, 0.15) is 5.58 Å². The van der Waals surface area contributed by atoms with Gasteiger partial charge < -0.3 is 14.3 Å². The van der Waals surface area contributed by atoms with E-state index in [0.29, 0.717) is 11.1 Å². The predicted molar refractivity (Wildman–Crippen MR) is 78.7 cm³/mol. The minimum Gasteiger partial charge on any atom is -0.475 e. The monoisotopic (exact) mass is 289 g/mol. The van der Waals surface area contributed by atoms with E-state index in [2.05, 4.69) is 11.0 Å². The van der Waals surface area contributed by atoms with Crippen molar-refractivity contribution < 1.29 is 19.1 Å². The van der Waals surface area contributed by atoms with Gasteiger partial charge in [-0.3, -0.25) is 4.90 Å². The highest BCUT2D eigenvalue weighted by Crippen LogP contribution is 2.29. The number of hydrogen-bond acceptors (Lipinski definition) is 4. The number of benzene rings is 1. The average Bonchev–Trinajstić information content (AvgIpc) is 2.78. The smallest absolute Gasteiger partial charge is 0.372 e. The summed E-state index contributed by atoms with van der Waals surface area (Å²) in [5, 5.41) is 10.1. The fraction of sp³-hybridized carbons (Fsp3) is 0.438. The van der Waals surface area contributed by atoms with Crippen LogP contribution in [-0.4, -0.2) is 42.3 Å². The van der Waals surface area contributed by atoms with Crippen LogP contribution in [0.5, 0.6) is 0 Å². The Morgan fingerprint density at radius 3 is 2.67 bits per heavy atom. The fourth-order valence-corrected chi connectivity index (χ4v) is 2.88. The molecule has 1 fully saturated rings. The van der Waals surface area contributed by atoms with Crippen molar-refractivity contribution in [1.29, 1.82) is 0 Å². The molecule has 0 spiro atoms. The normalized spacial score (nSPS) is 16.5. The minimum atomic E-state index is -1.02. The molecule has 5 heteroatoms. The third kappa shape index (κ3) is 2.66. The van der Waals surface area contributed by atoms with Crippen molar-refractivity contribution in [3.05, 3.63) is 34.6 Å². The molecule has 1 aromatic heterocycles. The predicted octanol–water partition coefficient (Wildman–Crippen LogP) is 2.58. The lowest BCUT2D eigenvalue weighted by Crippen LogP contribution is -2.35. The summed E-state index contributed by atoms with van der Waals surface area (Å²) in [6.07, 6.45) is 0. The van der Waals surface area contributed by atoms with E-state index < -0.39 is 5.97 Å². The number of morpholine rings is 1. The molecule has 0 amide bonds. The Balaban J connectivity index is 1.97. The van der Waals surface area contributed by atoms with Gasteiger partial charge in [0.05, 0.1) is 13.2 Å². The summed E-state index contributed by atoms with van der Waals surface area (Å²) >= 11 is 0. The van der Waals surface area contributed by atoms with Gasteiger partial charge >= 0.3 is 5.97 Å². The number of nitrogens with zero attached hydrogens (tertiary/aromatic N) is 1. The van der Waals surface area contributed by atoms with Crippen LogP contribution >= 0.6 is 0 Å². The number of carboxylic acid groups (broad SMARTS) is 1. The number of ether oxygens (including phenoxy) is 1.